The van der Waals surface area contributed by atoms with Gasteiger partial charge in [-0.3, -0.25) is 0 Å². The molecule has 3 rings (SSSR count). The number of fused-ring (bicyclic) bond motifs is 1. The number of hydrogen-bond acceptors (Lipinski definition) is 8. The van der Waals surface area contributed by atoms with Crippen molar-refractivity contribution in [2.45, 2.75) is 36.8 Å². The summed E-state index contributed by atoms with van der Waals surface area (Å²) in [6.45, 7) is -0.446. The predicted octanol–water partition coefficient (Wildman–Crippen LogP) is -2.11. The molecule has 2 aliphatic rings. The topological polar surface area (TPSA) is 145 Å². The van der Waals surface area contributed by atoms with E-state index < -0.39 is 43.4 Å². The molecule has 9 nitrogen and oxygen atoms in total. The maximum atomic E-state index is 14.6. The van der Waals surface area contributed by atoms with Gasteiger partial charge in [0.15, 0.2) is 12.4 Å². The van der Waals surface area contributed by atoms with Crippen LogP contribution in [0.5, 0.6) is 0 Å². The van der Waals surface area contributed by atoms with Crippen LogP contribution in [-0.2, 0) is 4.74 Å². The van der Waals surface area contributed by atoms with Crippen LogP contribution in [0.1, 0.15) is 11.8 Å². The standard InChI is InChI=1S/C13H19FN4O5/c14-7-9(21)10(22)8(20)6(3-19)23-13(7)18-2-1-5-11(15)16-4-17-12(5)18/h1-2,6-10,13,17,19-22H,3-4H2,(H2,15,16)/t6-,7+,8-,9+,10+,13-/m1/s1. The molecule has 1 fully saturated rings. The lowest BCUT2D eigenvalue weighted by Crippen LogP contribution is -2.46. The van der Waals surface area contributed by atoms with E-state index in [9.17, 15) is 24.8 Å². The van der Waals surface area contributed by atoms with Gasteiger partial charge < -0.3 is 40.8 Å². The summed E-state index contributed by atoms with van der Waals surface area (Å²) in [4.78, 5) is 4.00. The Labute approximate surface area is 130 Å². The molecule has 7 N–H and O–H groups in total. The van der Waals surface area contributed by atoms with Crippen molar-refractivity contribution >= 4 is 11.7 Å². The van der Waals surface area contributed by atoms with Crippen LogP contribution in [0.4, 0.5) is 10.2 Å². The Morgan fingerprint density at radius 1 is 1.35 bits per heavy atom. The maximum absolute atomic E-state index is 14.6. The van der Waals surface area contributed by atoms with E-state index >= 15 is 0 Å². The number of aromatic nitrogens is 1. The third-order valence-electron chi connectivity index (χ3n) is 4.13. The van der Waals surface area contributed by atoms with Crippen molar-refractivity contribution in [2.24, 2.45) is 10.7 Å². The zero-order chi connectivity index (χ0) is 16.7. The van der Waals surface area contributed by atoms with Crippen molar-refractivity contribution in [3.63, 3.8) is 0 Å². The summed E-state index contributed by atoms with van der Waals surface area (Å²) in [5.41, 5.74) is 6.32. The molecular formula is C13H19FN4O5. The Morgan fingerprint density at radius 3 is 2.78 bits per heavy atom. The number of ether oxygens (including phenoxy) is 1. The van der Waals surface area contributed by atoms with Crippen molar-refractivity contribution in [1.82, 2.24) is 4.57 Å². The molecule has 0 spiro atoms. The number of amidine groups is 1. The highest BCUT2D eigenvalue weighted by Crippen LogP contribution is 2.34. The largest absolute Gasteiger partial charge is 0.394 e. The van der Waals surface area contributed by atoms with Crippen molar-refractivity contribution in [1.29, 1.82) is 0 Å². The number of anilines is 1. The second-order valence-electron chi connectivity index (χ2n) is 5.53. The fourth-order valence-corrected chi connectivity index (χ4v) is 2.82. The minimum absolute atomic E-state index is 0.198. The first-order chi connectivity index (χ1) is 11.0. The molecule has 1 aromatic heterocycles. The molecule has 1 saturated heterocycles. The van der Waals surface area contributed by atoms with Gasteiger partial charge in [0.2, 0.25) is 0 Å². The van der Waals surface area contributed by atoms with Crippen LogP contribution in [-0.4, -0.2) is 74.7 Å². The zero-order valence-corrected chi connectivity index (χ0v) is 12.1. The summed E-state index contributed by atoms with van der Waals surface area (Å²) in [6.07, 6.45) is -8.43. The van der Waals surface area contributed by atoms with Gasteiger partial charge in [0.25, 0.3) is 0 Å². The second-order valence-corrected chi connectivity index (χ2v) is 5.53. The van der Waals surface area contributed by atoms with Crippen LogP contribution in [0.25, 0.3) is 0 Å². The molecule has 0 radical (unpaired) electrons. The summed E-state index contributed by atoms with van der Waals surface area (Å²) in [5, 5.41) is 41.8. The van der Waals surface area contributed by atoms with Crippen molar-refractivity contribution in [3.8, 4) is 0 Å². The van der Waals surface area contributed by atoms with E-state index in [4.69, 9.17) is 10.5 Å². The maximum Gasteiger partial charge on any atom is 0.173 e. The molecule has 0 unspecified atom stereocenters. The minimum Gasteiger partial charge on any atom is -0.394 e. The number of nitrogens with two attached hydrogens (primary N) is 1. The highest BCUT2D eigenvalue weighted by atomic mass is 19.1. The molecule has 0 amide bonds. The first kappa shape index (κ1) is 16.1. The number of aliphatic imine (C=N–C) groups is 1. The van der Waals surface area contributed by atoms with Gasteiger partial charge in [-0.05, 0) is 6.07 Å². The number of hydrogen-bond donors (Lipinski definition) is 6. The lowest BCUT2D eigenvalue weighted by molar-refractivity contribution is -0.138. The number of rotatable bonds is 2. The SMILES string of the molecule is NC1=NCNc2c1ccn2[C@@H]1O[C@H](CO)[C@@H](O)[C@H](O)[C@@H](O)[C@@H]1F. The molecule has 1 aromatic rings. The van der Waals surface area contributed by atoms with Crippen LogP contribution in [0.3, 0.4) is 0 Å². The van der Waals surface area contributed by atoms with Crippen LogP contribution in [0, 0.1) is 0 Å². The number of nitrogens with zero attached hydrogens (tertiary/aromatic N) is 2. The number of nitrogens with one attached hydrogen (secondary N) is 1. The summed E-state index contributed by atoms with van der Waals surface area (Å²) < 4.78 is 21.4. The van der Waals surface area contributed by atoms with Crippen LogP contribution < -0.4 is 11.1 Å². The van der Waals surface area contributed by atoms with Gasteiger partial charge in [-0.1, -0.05) is 0 Å². The number of alkyl halides is 1. The number of aliphatic hydroxyl groups excluding tert-OH is 4. The monoisotopic (exact) mass is 330 g/mol. The van der Waals surface area contributed by atoms with E-state index in [2.05, 4.69) is 10.3 Å². The smallest absolute Gasteiger partial charge is 0.173 e. The fourth-order valence-electron chi connectivity index (χ4n) is 2.82. The third kappa shape index (κ3) is 2.58. The average molecular weight is 330 g/mol. The number of aliphatic hydroxyl groups is 4. The molecule has 0 bridgehead atoms. The van der Waals surface area contributed by atoms with Gasteiger partial charge in [-0.15, -0.1) is 0 Å². The van der Waals surface area contributed by atoms with E-state index in [1.54, 1.807) is 6.07 Å². The van der Waals surface area contributed by atoms with Gasteiger partial charge in [0, 0.05) is 6.20 Å². The number of halogens is 1. The lowest BCUT2D eigenvalue weighted by atomic mass is 10.0. The van der Waals surface area contributed by atoms with Gasteiger partial charge >= 0.3 is 0 Å². The Morgan fingerprint density at radius 2 is 2.09 bits per heavy atom. The molecule has 6 atom stereocenters. The summed E-state index contributed by atoms with van der Waals surface area (Å²) >= 11 is 0. The van der Waals surface area contributed by atoms with Crippen LogP contribution in [0.2, 0.25) is 0 Å². The van der Waals surface area contributed by atoms with E-state index in [0.717, 1.165) is 0 Å². The molecule has 10 heteroatoms. The highest BCUT2D eigenvalue weighted by molar-refractivity contribution is 6.03. The minimum atomic E-state index is -2.03. The van der Waals surface area contributed by atoms with E-state index in [1.165, 1.54) is 10.8 Å². The van der Waals surface area contributed by atoms with E-state index in [1.807, 2.05) is 0 Å². The lowest BCUT2D eigenvalue weighted by Gasteiger charge is -2.28. The van der Waals surface area contributed by atoms with Gasteiger partial charge in [0.1, 0.15) is 42.7 Å². The molecule has 2 aliphatic heterocycles. The molecule has 23 heavy (non-hydrogen) atoms. The Kier molecular flexibility index (Phi) is 4.25. The molecule has 0 saturated carbocycles. The zero-order valence-electron chi connectivity index (χ0n) is 12.1. The fraction of sp³-hybridized carbons (Fsp3) is 0.615. The second kappa shape index (κ2) is 6.06. The van der Waals surface area contributed by atoms with Crippen molar-refractivity contribution < 1.29 is 29.6 Å². The first-order valence-corrected chi connectivity index (χ1v) is 7.15. The highest BCUT2D eigenvalue weighted by Gasteiger charge is 2.46. The van der Waals surface area contributed by atoms with Gasteiger partial charge in [0.05, 0.1) is 12.2 Å². The Hall–Kier alpha value is -1.72. The van der Waals surface area contributed by atoms with E-state index in [-0.39, 0.29) is 12.5 Å². The first-order valence-electron chi connectivity index (χ1n) is 7.15. The normalized spacial score (nSPS) is 37.5. The summed E-state index contributed by atoms with van der Waals surface area (Å²) in [6, 6.07) is 1.61. The summed E-state index contributed by atoms with van der Waals surface area (Å²) in [5.74, 6) is 0.723. The van der Waals surface area contributed by atoms with Crippen molar-refractivity contribution in [2.75, 3.05) is 18.6 Å². The molecular weight excluding hydrogens is 311 g/mol. The van der Waals surface area contributed by atoms with Gasteiger partial charge in [-0.2, -0.15) is 0 Å². The van der Waals surface area contributed by atoms with Crippen molar-refractivity contribution in [3.05, 3.63) is 17.8 Å². The Bertz CT molecular complexity index is 607. The predicted molar refractivity (Wildman–Crippen MR) is 77.6 cm³/mol. The molecule has 128 valence electrons. The van der Waals surface area contributed by atoms with Crippen LogP contribution in [0.15, 0.2) is 17.3 Å². The average Bonchev–Trinajstić information content (AvgIpc) is 2.95. The Balaban J connectivity index is 1.99. The van der Waals surface area contributed by atoms with E-state index in [0.29, 0.717) is 11.4 Å². The third-order valence-corrected chi connectivity index (χ3v) is 4.13. The summed E-state index contributed by atoms with van der Waals surface area (Å²) in [7, 11) is 0. The van der Waals surface area contributed by atoms with Gasteiger partial charge in [-0.25, -0.2) is 9.38 Å². The molecule has 3 heterocycles. The quantitative estimate of drug-likeness (QED) is 0.364. The van der Waals surface area contributed by atoms with Crippen LogP contribution >= 0.6 is 0 Å². The molecule has 0 aliphatic carbocycles. The molecule has 0 aromatic carbocycles.